The van der Waals surface area contributed by atoms with E-state index in [-0.39, 0.29) is 18.7 Å². The molecule has 0 aliphatic heterocycles. The summed E-state index contributed by atoms with van der Waals surface area (Å²) in [5, 5.41) is 11.5. The Morgan fingerprint density at radius 2 is 1.95 bits per heavy atom. The van der Waals surface area contributed by atoms with Crippen LogP contribution >= 0.6 is 11.8 Å². The maximum absolute atomic E-state index is 12.9. The third kappa shape index (κ3) is 6.11. The highest BCUT2D eigenvalue weighted by Gasteiger charge is 2.33. The van der Waals surface area contributed by atoms with Crippen molar-refractivity contribution < 1.29 is 22.7 Å². The Bertz CT molecular complexity index is 412. The SMILES string of the molecule is OCCCSCCNCc1ccc(F)cc1C(F)(F)F. The molecular formula is C13H17F4NOS. The van der Waals surface area contributed by atoms with Gasteiger partial charge in [0, 0.05) is 25.4 Å². The van der Waals surface area contributed by atoms with Crippen molar-refractivity contribution in [1.29, 1.82) is 0 Å². The van der Waals surface area contributed by atoms with E-state index < -0.39 is 17.6 Å². The van der Waals surface area contributed by atoms with Gasteiger partial charge in [0.25, 0.3) is 0 Å². The summed E-state index contributed by atoms with van der Waals surface area (Å²) in [5.41, 5.74) is -0.891. The Morgan fingerprint density at radius 1 is 1.20 bits per heavy atom. The smallest absolute Gasteiger partial charge is 0.396 e. The van der Waals surface area contributed by atoms with Crippen molar-refractivity contribution in [2.75, 3.05) is 24.7 Å². The fraction of sp³-hybridized carbons (Fsp3) is 0.538. The van der Waals surface area contributed by atoms with Crippen LogP contribution in [0, 0.1) is 5.82 Å². The van der Waals surface area contributed by atoms with Crippen LogP contribution in [0.4, 0.5) is 17.6 Å². The lowest BCUT2D eigenvalue weighted by atomic mass is 10.1. The Labute approximate surface area is 119 Å². The van der Waals surface area contributed by atoms with Crippen LogP contribution in [0.3, 0.4) is 0 Å². The van der Waals surface area contributed by atoms with Crippen molar-refractivity contribution in [2.24, 2.45) is 0 Å². The molecule has 0 aliphatic carbocycles. The van der Waals surface area contributed by atoms with E-state index >= 15 is 0 Å². The van der Waals surface area contributed by atoms with E-state index in [1.54, 1.807) is 11.8 Å². The second-order valence-electron chi connectivity index (χ2n) is 4.17. The first-order valence-corrected chi connectivity index (χ1v) is 7.35. The van der Waals surface area contributed by atoms with Gasteiger partial charge in [-0.15, -0.1) is 0 Å². The highest BCUT2D eigenvalue weighted by atomic mass is 32.2. The molecule has 1 aromatic rings. The number of hydrogen-bond donors (Lipinski definition) is 2. The second-order valence-corrected chi connectivity index (χ2v) is 5.39. The van der Waals surface area contributed by atoms with Gasteiger partial charge in [0.15, 0.2) is 0 Å². The average Bonchev–Trinajstić information content (AvgIpc) is 2.38. The Morgan fingerprint density at radius 3 is 2.60 bits per heavy atom. The molecule has 0 saturated carbocycles. The van der Waals surface area contributed by atoms with E-state index in [4.69, 9.17) is 5.11 Å². The van der Waals surface area contributed by atoms with Crippen LogP contribution in [0.25, 0.3) is 0 Å². The van der Waals surface area contributed by atoms with Gasteiger partial charge in [-0.25, -0.2) is 4.39 Å². The van der Waals surface area contributed by atoms with Crippen LogP contribution < -0.4 is 5.32 Å². The predicted octanol–water partition coefficient (Wildman–Crippen LogP) is 3.05. The van der Waals surface area contributed by atoms with E-state index in [9.17, 15) is 17.6 Å². The molecule has 0 bridgehead atoms. The molecule has 114 valence electrons. The lowest BCUT2D eigenvalue weighted by molar-refractivity contribution is -0.138. The molecular weight excluding hydrogens is 294 g/mol. The number of aliphatic hydroxyl groups is 1. The van der Waals surface area contributed by atoms with E-state index in [2.05, 4.69) is 5.32 Å². The van der Waals surface area contributed by atoms with Crippen LogP contribution in [0.5, 0.6) is 0 Å². The molecule has 0 fully saturated rings. The van der Waals surface area contributed by atoms with Crippen molar-refractivity contribution in [3.8, 4) is 0 Å². The van der Waals surface area contributed by atoms with Gasteiger partial charge in [-0.1, -0.05) is 6.07 Å². The van der Waals surface area contributed by atoms with E-state index in [0.717, 1.165) is 23.6 Å². The first kappa shape index (κ1) is 17.3. The number of nitrogens with one attached hydrogen (secondary N) is 1. The standard InChI is InChI=1S/C13H17F4NOS/c14-11-3-2-10(12(8-11)13(15,16)17)9-18-4-7-20-6-1-5-19/h2-3,8,18-19H,1,4-7,9H2. The molecule has 20 heavy (non-hydrogen) atoms. The van der Waals surface area contributed by atoms with Gasteiger partial charge in [-0.2, -0.15) is 24.9 Å². The minimum absolute atomic E-state index is 0.0410. The van der Waals surface area contributed by atoms with Gasteiger partial charge < -0.3 is 10.4 Å². The lowest BCUT2D eigenvalue weighted by Gasteiger charge is -2.13. The van der Waals surface area contributed by atoms with Crippen molar-refractivity contribution in [3.63, 3.8) is 0 Å². The monoisotopic (exact) mass is 311 g/mol. The highest BCUT2D eigenvalue weighted by Crippen LogP contribution is 2.32. The Hall–Kier alpha value is -0.790. The summed E-state index contributed by atoms with van der Waals surface area (Å²) >= 11 is 1.62. The molecule has 1 rings (SSSR count). The minimum atomic E-state index is -4.55. The molecule has 0 spiro atoms. The van der Waals surface area contributed by atoms with Crippen LogP contribution in [0.1, 0.15) is 17.5 Å². The van der Waals surface area contributed by atoms with Gasteiger partial charge >= 0.3 is 6.18 Å². The molecule has 0 saturated heterocycles. The zero-order valence-electron chi connectivity index (χ0n) is 10.8. The fourth-order valence-corrected chi connectivity index (χ4v) is 2.43. The number of aliphatic hydroxyl groups excluding tert-OH is 1. The highest BCUT2D eigenvalue weighted by molar-refractivity contribution is 7.99. The van der Waals surface area contributed by atoms with Gasteiger partial charge in [-0.05, 0) is 29.9 Å². The molecule has 2 N–H and O–H groups in total. The molecule has 0 amide bonds. The molecule has 1 aromatic carbocycles. The molecule has 0 atom stereocenters. The Kier molecular flexibility index (Phi) is 7.32. The summed E-state index contributed by atoms with van der Waals surface area (Å²) in [5.74, 6) is 0.686. The third-order valence-electron chi connectivity index (χ3n) is 2.56. The maximum atomic E-state index is 12.9. The van der Waals surface area contributed by atoms with E-state index in [0.29, 0.717) is 19.0 Å². The fourth-order valence-electron chi connectivity index (χ4n) is 1.60. The average molecular weight is 311 g/mol. The molecule has 0 unspecified atom stereocenters. The molecule has 0 aliphatic rings. The topological polar surface area (TPSA) is 32.3 Å². The van der Waals surface area contributed by atoms with Gasteiger partial charge in [-0.3, -0.25) is 0 Å². The van der Waals surface area contributed by atoms with Crippen LogP contribution in [-0.2, 0) is 12.7 Å². The number of benzene rings is 1. The zero-order valence-corrected chi connectivity index (χ0v) is 11.7. The quantitative estimate of drug-likeness (QED) is 0.572. The molecule has 2 nitrogen and oxygen atoms in total. The summed E-state index contributed by atoms with van der Waals surface area (Å²) in [6.07, 6.45) is -3.84. The van der Waals surface area contributed by atoms with Crippen LogP contribution in [-0.4, -0.2) is 29.8 Å². The van der Waals surface area contributed by atoms with Gasteiger partial charge in [0.2, 0.25) is 0 Å². The number of hydrogen-bond acceptors (Lipinski definition) is 3. The Balaban J connectivity index is 2.44. The second kappa shape index (κ2) is 8.49. The van der Waals surface area contributed by atoms with Crippen molar-refractivity contribution in [3.05, 3.63) is 35.1 Å². The summed E-state index contributed by atoms with van der Waals surface area (Å²) < 4.78 is 51.1. The van der Waals surface area contributed by atoms with Crippen LogP contribution in [0.2, 0.25) is 0 Å². The maximum Gasteiger partial charge on any atom is 0.416 e. The van der Waals surface area contributed by atoms with E-state index in [1.165, 1.54) is 0 Å². The van der Waals surface area contributed by atoms with E-state index in [1.807, 2.05) is 0 Å². The summed E-state index contributed by atoms with van der Waals surface area (Å²) in [4.78, 5) is 0. The molecule has 0 aromatic heterocycles. The van der Waals surface area contributed by atoms with Crippen LogP contribution in [0.15, 0.2) is 18.2 Å². The molecule has 0 heterocycles. The van der Waals surface area contributed by atoms with Gasteiger partial charge in [0.1, 0.15) is 5.82 Å². The minimum Gasteiger partial charge on any atom is -0.396 e. The number of alkyl halides is 3. The predicted molar refractivity (Wildman–Crippen MR) is 72.1 cm³/mol. The van der Waals surface area contributed by atoms with Crippen molar-refractivity contribution >= 4 is 11.8 Å². The molecule has 7 heteroatoms. The first-order valence-electron chi connectivity index (χ1n) is 6.20. The number of rotatable bonds is 8. The molecule has 0 radical (unpaired) electrons. The third-order valence-corrected chi connectivity index (χ3v) is 3.63. The van der Waals surface area contributed by atoms with Gasteiger partial charge in [0.05, 0.1) is 5.56 Å². The lowest BCUT2D eigenvalue weighted by Crippen LogP contribution is -2.20. The zero-order chi connectivity index (χ0) is 15.0. The van der Waals surface area contributed by atoms with Crippen molar-refractivity contribution in [1.82, 2.24) is 5.32 Å². The number of thioether (sulfide) groups is 1. The summed E-state index contributed by atoms with van der Waals surface area (Å²) in [6.45, 7) is 0.755. The largest absolute Gasteiger partial charge is 0.416 e. The number of halogens is 4. The normalized spacial score (nSPS) is 11.8. The first-order chi connectivity index (χ1) is 9.45. The van der Waals surface area contributed by atoms with Crippen molar-refractivity contribution in [2.45, 2.75) is 19.1 Å². The summed E-state index contributed by atoms with van der Waals surface area (Å²) in [6, 6.07) is 2.71. The summed E-state index contributed by atoms with van der Waals surface area (Å²) in [7, 11) is 0.